The van der Waals surface area contributed by atoms with Gasteiger partial charge in [-0.15, -0.1) is 0 Å². The second-order valence-electron chi connectivity index (χ2n) is 10.6. The summed E-state index contributed by atoms with van der Waals surface area (Å²) in [5.74, 6) is -0.525. The van der Waals surface area contributed by atoms with Crippen LogP contribution in [-0.4, -0.2) is 11.9 Å². The number of benzene rings is 3. The monoisotopic (exact) mass is 524 g/mol. The Balaban J connectivity index is 1.54. The Bertz CT molecular complexity index is 1370. The fraction of sp³-hybridized carbons (Fsp3) is 0.314. The van der Waals surface area contributed by atoms with Crippen molar-refractivity contribution in [2.45, 2.75) is 74.5 Å². The summed E-state index contributed by atoms with van der Waals surface area (Å²) < 4.78 is 10.8. The van der Waals surface area contributed by atoms with Crippen LogP contribution in [0.25, 0.3) is 0 Å². The SMILES string of the molecule is CC(C)=C(C)C(=O)OCc1ccc(Cc2ccc(Cc3ccc(COC(=O)C(C)=C(C)C)cc3)c(C)c2)cc1. The van der Waals surface area contributed by atoms with E-state index in [1.165, 1.54) is 27.8 Å². The molecule has 0 bridgehead atoms. The maximum Gasteiger partial charge on any atom is 0.333 e. The Kier molecular flexibility index (Phi) is 10.4. The Morgan fingerprint density at radius 3 is 1.33 bits per heavy atom. The maximum atomic E-state index is 12.1. The molecule has 4 heteroatoms. The molecule has 0 amide bonds. The third kappa shape index (κ3) is 8.81. The third-order valence-electron chi connectivity index (χ3n) is 7.11. The molecule has 3 rings (SSSR count). The van der Waals surface area contributed by atoms with Gasteiger partial charge in [-0.2, -0.15) is 0 Å². The lowest BCUT2D eigenvalue weighted by molar-refractivity contribution is -0.141. The summed E-state index contributed by atoms with van der Waals surface area (Å²) in [5, 5.41) is 0. The van der Waals surface area contributed by atoms with Crippen molar-refractivity contribution >= 4 is 11.9 Å². The Labute approximate surface area is 233 Å². The molecule has 0 aliphatic carbocycles. The number of carbonyl (C=O) groups is 2. The number of ether oxygens (including phenoxy) is 2. The molecule has 4 nitrogen and oxygen atoms in total. The fourth-order valence-corrected chi connectivity index (χ4v) is 3.95. The van der Waals surface area contributed by atoms with Crippen molar-refractivity contribution in [2.75, 3.05) is 0 Å². The van der Waals surface area contributed by atoms with Gasteiger partial charge >= 0.3 is 11.9 Å². The number of carbonyl (C=O) groups excluding carboxylic acids is 2. The summed E-state index contributed by atoms with van der Waals surface area (Å²) in [4.78, 5) is 24.1. The lowest BCUT2D eigenvalue weighted by Crippen LogP contribution is -2.07. The third-order valence-corrected chi connectivity index (χ3v) is 7.11. The summed E-state index contributed by atoms with van der Waals surface area (Å²) in [5.41, 5.74) is 11.5. The van der Waals surface area contributed by atoms with E-state index in [0.717, 1.165) is 35.1 Å². The highest BCUT2D eigenvalue weighted by Gasteiger charge is 2.09. The van der Waals surface area contributed by atoms with Gasteiger partial charge in [-0.05, 0) is 100 Å². The molecule has 0 aliphatic rings. The number of aryl methyl sites for hydroxylation is 1. The first-order valence-electron chi connectivity index (χ1n) is 13.4. The predicted molar refractivity (Wildman–Crippen MR) is 157 cm³/mol. The summed E-state index contributed by atoms with van der Waals surface area (Å²) in [6, 6.07) is 23.2. The Morgan fingerprint density at radius 2 is 0.923 bits per heavy atom. The van der Waals surface area contributed by atoms with Crippen LogP contribution in [0.3, 0.4) is 0 Å². The second-order valence-corrected chi connectivity index (χ2v) is 10.6. The molecule has 39 heavy (non-hydrogen) atoms. The molecule has 0 atom stereocenters. The molecule has 3 aromatic carbocycles. The first-order valence-corrected chi connectivity index (χ1v) is 13.4. The minimum Gasteiger partial charge on any atom is -0.457 e. The molecule has 0 unspecified atom stereocenters. The minimum absolute atomic E-state index is 0.263. The van der Waals surface area contributed by atoms with Crippen molar-refractivity contribution in [1.29, 1.82) is 0 Å². The molecule has 0 saturated heterocycles. The standard InChI is InChI=1S/C35H40O4/c1-23(2)26(6)34(36)38-21-30-12-8-28(9-13-30)19-32-16-17-33(25(5)18-32)20-29-10-14-31(15-11-29)22-39-35(37)27(7)24(3)4/h8-18H,19-22H2,1-7H3. The van der Waals surface area contributed by atoms with Crippen LogP contribution in [0.2, 0.25) is 0 Å². The molecular weight excluding hydrogens is 484 g/mol. The molecule has 0 aromatic heterocycles. The molecule has 0 heterocycles. The van der Waals surface area contributed by atoms with Gasteiger partial charge in [0.2, 0.25) is 0 Å². The molecule has 3 aromatic rings. The summed E-state index contributed by atoms with van der Waals surface area (Å²) >= 11 is 0. The highest BCUT2D eigenvalue weighted by atomic mass is 16.5. The van der Waals surface area contributed by atoms with Crippen LogP contribution in [0.5, 0.6) is 0 Å². The van der Waals surface area contributed by atoms with E-state index in [2.05, 4.69) is 49.4 Å². The maximum absolute atomic E-state index is 12.1. The Hall–Kier alpha value is -3.92. The number of rotatable bonds is 10. The van der Waals surface area contributed by atoms with Crippen LogP contribution in [0.1, 0.15) is 80.5 Å². The van der Waals surface area contributed by atoms with Crippen molar-refractivity contribution in [1.82, 2.24) is 0 Å². The smallest absolute Gasteiger partial charge is 0.333 e. The molecule has 0 saturated carbocycles. The van der Waals surface area contributed by atoms with Gasteiger partial charge in [0.25, 0.3) is 0 Å². The van der Waals surface area contributed by atoms with Crippen LogP contribution in [0.4, 0.5) is 0 Å². The second kappa shape index (κ2) is 13.7. The van der Waals surface area contributed by atoms with E-state index in [0.29, 0.717) is 11.1 Å². The van der Waals surface area contributed by atoms with Gasteiger partial charge in [0.1, 0.15) is 13.2 Å². The van der Waals surface area contributed by atoms with Gasteiger partial charge in [-0.3, -0.25) is 0 Å². The summed E-state index contributed by atoms with van der Waals surface area (Å²) in [6.07, 6.45) is 1.69. The highest BCUT2D eigenvalue weighted by molar-refractivity contribution is 5.88. The molecule has 204 valence electrons. The highest BCUT2D eigenvalue weighted by Crippen LogP contribution is 2.20. The van der Waals surface area contributed by atoms with Gasteiger partial charge in [-0.25, -0.2) is 9.59 Å². The van der Waals surface area contributed by atoms with E-state index < -0.39 is 0 Å². The lowest BCUT2D eigenvalue weighted by atomic mass is 9.95. The van der Waals surface area contributed by atoms with Crippen molar-refractivity contribution < 1.29 is 19.1 Å². The summed E-state index contributed by atoms with van der Waals surface area (Å²) in [6.45, 7) is 13.9. The fourth-order valence-electron chi connectivity index (χ4n) is 3.95. The van der Waals surface area contributed by atoms with Gasteiger partial charge in [0, 0.05) is 11.1 Å². The quantitative estimate of drug-likeness (QED) is 0.199. The van der Waals surface area contributed by atoms with Crippen LogP contribution < -0.4 is 0 Å². The van der Waals surface area contributed by atoms with Crippen molar-refractivity contribution in [3.8, 4) is 0 Å². The number of allylic oxidation sites excluding steroid dienone is 2. The van der Waals surface area contributed by atoms with Crippen LogP contribution in [0.15, 0.2) is 89.0 Å². The van der Waals surface area contributed by atoms with E-state index in [4.69, 9.17) is 9.47 Å². The normalized spacial score (nSPS) is 10.5. The molecule has 0 spiro atoms. The minimum atomic E-state index is -0.263. The average Bonchev–Trinajstić information content (AvgIpc) is 2.92. The molecular formula is C35H40O4. The van der Waals surface area contributed by atoms with E-state index >= 15 is 0 Å². The van der Waals surface area contributed by atoms with E-state index in [9.17, 15) is 9.59 Å². The van der Waals surface area contributed by atoms with Gasteiger partial charge < -0.3 is 9.47 Å². The Morgan fingerprint density at radius 1 is 0.538 bits per heavy atom. The first-order chi connectivity index (χ1) is 18.5. The van der Waals surface area contributed by atoms with Crippen LogP contribution in [-0.2, 0) is 45.1 Å². The van der Waals surface area contributed by atoms with Crippen molar-refractivity contribution in [3.05, 3.63) is 128 Å². The van der Waals surface area contributed by atoms with E-state index in [-0.39, 0.29) is 25.2 Å². The lowest BCUT2D eigenvalue weighted by Gasteiger charge is -2.11. The van der Waals surface area contributed by atoms with Crippen LogP contribution in [0, 0.1) is 6.92 Å². The van der Waals surface area contributed by atoms with Gasteiger partial charge in [0.15, 0.2) is 0 Å². The number of esters is 2. The zero-order chi connectivity index (χ0) is 28.5. The van der Waals surface area contributed by atoms with Gasteiger partial charge in [-0.1, -0.05) is 77.9 Å². The summed E-state index contributed by atoms with van der Waals surface area (Å²) in [7, 11) is 0. The van der Waals surface area contributed by atoms with Gasteiger partial charge in [0.05, 0.1) is 0 Å². The first kappa shape index (κ1) is 29.6. The molecule has 0 fully saturated rings. The predicted octanol–water partition coefficient (Wildman–Crippen LogP) is 7.98. The largest absolute Gasteiger partial charge is 0.457 e. The number of hydrogen-bond acceptors (Lipinski definition) is 4. The van der Waals surface area contributed by atoms with Crippen LogP contribution >= 0.6 is 0 Å². The zero-order valence-corrected chi connectivity index (χ0v) is 24.3. The average molecular weight is 525 g/mol. The molecule has 0 N–H and O–H groups in total. The van der Waals surface area contributed by atoms with E-state index in [1.807, 2.05) is 52.0 Å². The zero-order valence-electron chi connectivity index (χ0n) is 24.3. The molecule has 0 radical (unpaired) electrons. The van der Waals surface area contributed by atoms with E-state index in [1.54, 1.807) is 13.8 Å². The van der Waals surface area contributed by atoms with Crippen molar-refractivity contribution in [2.24, 2.45) is 0 Å². The molecule has 0 aliphatic heterocycles. The number of hydrogen-bond donors (Lipinski definition) is 0. The topological polar surface area (TPSA) is 52.6 Å². The van der Waals surface area contributed by atoms with Crippen molar-refractivity contribution in [3.63, 3.8) is 0 Å².